The van der Waals surface area contributed by atoms with E-state index in [1.165, 1.54) is 0 Å². The number of alkyl halides is 12. The minimum atomic E-state index is -13.6. The van der Waals surface area contributed by atoms with Crippen molar-refractivity contribution in [2.45, 2.75) is 33.6 Å². The normalized spacial score (nSPS) is 23.2. The van der Waals surface area contributed by atoms with E-state index in [4.69, 9.17) is 0 Å². The third-order valence-electron chi connectivity index (χ3n) is 9.26. The fourth-order valence-corrected chi connectivity index (χ4v) is 13.2. The van der Waals surface area contributed by atoms with Crippen LogP contribution in [0.3, 0.4) is 0 Å². The molecule has 35 heavy (non-hydrogen) atoms. The van der Waals surface area contributed by atoms with Gasteiger partial charge >= 0.3 is 170 Å². The molecule has 0 aromatic rings. The van der Waals surface area contributed by atoms with Crippen molar-refractivity contribution >= 4 is 37.2 Å². The number of halogens is 15. The van der Waals surface area contributed by atoms with Gasteiger partial charge in [0.1, 0.15) is 0 Å². The van der Waals surface area contributed by atoms with Crippen LogP contribution < -0.4 is 16.0 Å². The fraction of sp³-hybridized carbons (Fsp3) is 1.00. The molecule has 220 valence electrons. The first-order chi connectivity index (χ1) is 13.8. The van der Waals surface area contributed by atoms with Gasteiger partial charge in [-0.1, -0.05) is 0 Å². The molecule has 0 unspecified atom stereocenters. The summed E-state index contributed by atoms with van der Waals surface area (Å²) in [5.74, 6) is 0. The fourth-order valence-electron chi connectivity index (χ4n) is 4.07. The molecule has 1 aliphatic rings. The van der Waals surface area contributed by atoms with E-state index in [-0.39, 0.29) is 63.4 Å². The van der Waals surface area contributed by atoms with Crippen LogP contribution in [0.5, 0.6) is 0 Å². The molecule has 0 amide bonds. The van der Waals surface area contributed by atoms with Crippen molar-refractivity contribution in [1.29, 1.82) is 0 Å². The molecular weight excluding hydrogens is 618 g/mol. The zero-order chi connectivity index (χ0) is 25.7. The summed E-state index contributed by atoms with van der Waals surface area (Å²) in [5.41, 5.74) is 0. The van der Waals surface area contributed by atoms with Gasteiger partial charge in [-0.3, -0.25) is 0 Å². The number of nitrogens with zero attached hydrogens (tertiary/aromatic N) is 1. The summed E-state index contributed by atoms with van der Waals surface area (Å²) in [5, 5.41) is 2.57. The number of rotatable bonds is 1. The van der Waals surface area contributed by atoms with E-state index in [0.717, 1.165) is 0 Å². The van der Waals surface area contributed by atoms with Crippen molar-refractivity contribution in [3.05, 3.63) is 0 Å². The topological polar surface area (TPSA) is 39.3 Å². The Bertz CT molecular complexity index is 689. The van der Waals surface area contributed by atoms with E-state index in [1.807, 2.05) is 0 Å². The van der Waals surface area contributed by atoms with Gasteiger partial charge in [-0.25, -0.2) is 0 Å². The molecule has 0 aromatic carbocycles. The average Bonchev–Trinajstić information content (AvgIpc) is 2.51. The van der Waals surface area contributed by atoms with E-state index in [2.05, 4.69) is 16.0 Å². The molecule has 0 radical (unpaired) electrons. The van der Waals surface area contributed by atoms with Gasteiger partial charge in [0.05, 0.1) is 0 Å². The Morgan fingerprint density at radius 1 is 0.457 bits per heavy atom. The van der Waals surface area contributed by atoms with Crippen molar-refractivity contribution in [3.63, 3.8) is 0 Å². The number of hydrogen-bond acceptors (Lipinski definition) is 4. The molecule has 0 saturated carbocycles. The zero-order valence-corrected chi connectivity index (χ0v) is 22.9. The van der Waals surface area contributed by atoms with E-state index >= 15 is 0 Å². The molecule has 0 atom stereocenters. The Hall–Kier alpha value is 0.584. The second kappa shape index (κ2) is 8.80. The molecule has 0 aliphatic carbocycles. The molecule has 1 rings (SSSR count). The van der Waals surface area contributed by atoms with Crippen LogP contribution in [0.15, 0.2) is 0 Å². The molecule has 4 nitrogen and oxygen atoms in total. The first-order valence-electron chi connectivity index (χ1n) is 9.75. The van der Waals surface area contributed by atoms with Gasteiger partial charge in [0.2, 0.25) is 0 Å². The predicted octanol–water partition coefficient (Wildman–Crippen LogP) is 5.77. The van der Waals surface area contributed by atoms with Gasteiger partial charge in [0.15, 0.2) is 0 Å². The van der Waals surface area contributed by atoms with E-state index in [1.54, 1.807) is 0 Å². The summed E-state index contributed by atoms with van der Waals surface area (Å²) in [7, 11) is 0. The molecule has 1 fully saturated rings. The second-order valence-corrected chi connectivity index (χ2v) is 36.0. The van der Waals surface area contributed by atoms with Crippen molar-refractivity contribution in [2.75, 3.05) is 52.4 Å². The first kappa shape index (κ1) is 40.1. The molecule has 1 heterocycles. The maximum absolute atomic E-state index is 14.8. The Morgan fingerprint density at radius 2 is 0.657 bits per heavy atom. The van der Waals surface area contributed by atoms with Crippen LogP contribution in [-0.2, 0) is 11.7 Å². The molecule has 0 spiro atoms. The second-order valence-electron chi connectivity index (χ2n) is 11.6. The number of hydrogen-bond donors (Lipinski definition) is 3. The number of nitrogens with one attached hydrogen (secondary N) is 3. The Labute approximate surface area is 206 Å². The molecule has 0 bridgehead atoms. The Morgan fingerprint density at radius 3 is 0.857 bits per heavy atom. The average molecular weight is 650 g/mol. The van der Waals surface area contributed by atoms with Crippen LogP contribution in [0.4, 0.5) is 52.7 Å². The summed E-state index contributed by atoms with van der Waals surface area (Å²) in [6, 6.07) is 0. The summed E-state index contributed by atoms with van der Waals surface area (Å²) in [6.45, 7) is -5.52. The first-order valence-corrected chi connectivity index (χ1v) is 18.3. The Balaban J connectivity index is -0.00000341. The SMILES string of the molecule is Cl.Cl.Cl.[CH3][Ti]([CH3])([CH3])([N]1CCNCCNCCNCC1)([C](F)(F)F)([C](F)(F)F)([C](F)(F)F)[C](F)(F)F. The van der Waals surface area contributed by atoms with E-state index in [9.17, 15) is 52.7 Å². The Kier molecular flexibility index (Phi) is 10.1. The van der Waals surface area contributed by atoms with Crippen LogP contribution in [-0.4, -0.2) is 73.7 Å². The van der Waals surface area contributed by atoms with E-state index < -0.39 is 74.9 Å². The van der Waals surface area contributed by atoms with Crippen LogP contribution in [0.2, 0.25) is 15.7 Å². The van der Waals surface area contributed by atoms with Gasteiger partial charge in [-0.15, -0.1) is 37.2 Å². The van der Waals surface area contributed by atoms with Crippen LogP contribution in [0, 0.1) is 0 Å². The molecule has 0 aromatic heterocycles. The standard InChI is InChI=1S/C8H19N4.4CF3.3CH3.3ClH.Ti/c1-2-10-5-6-12-8-7-11-4-3-9-1;4*2-1(3)4;;;;;;;/h9-11H,1-8H2;;;;;3*1H3;3*1H;/q-1;;;;;;;;;;;+1. The summed E-state index contributed by atoms with van der Waals surface area (Å²) < 4.78 is 145. The van der Waals surface area contributed by atoms with Gasteiger partial charge in [0, 0.05) is 0 Å². The summed E-state index contributed by atoms with van der Waals surface area (Å²) >= 11 is -13.6. The molecular formula is C15H31Cl3F12N4Ti. The van der Waals surface area contributed by atoms with Crippen LogP contribution in [0.25, 0.3) is 0 Å². The molecule has 1 saturated heterocycles. The maximum atomic E-state index is 14.8. The van der Waals surface area contributed by atoms with Gasteiger partial charge in [-0.05, 0) is 0 Å². The van der Waals surface area contributed by atoms with Crippen molar-refractivity contribution in [3.8, 4) is 0 Å². The van der Waals surface area contributed by atoms with Gasteiger partial charge in [0.25, 0.3) is 0 Å². The van der Waals surface area contributed by atoms with Gasteiger partial charge in [-0.2, -0.15) is 0 Å². The third kappa shape index (κ3) is 2.90. The minimum absolute atomic E-state index is 0. The molecule has 1 aliphatic heterocycles. The summed E-state index contributed by atoms with van der Waals surface area (Å²) in [4.78, 5) is 0. The van der Waals surface area contributed by atoms with Crippen molar-refractivity contribution in [2.24, 2.45) is 0 Å². The van der Waals surface area contributed by atoms with Gasteiger partial charge < -0.3 is 0 Å². The molecule has 20 heteroatoms. The zero-order valence-electron chi connectivity index (χ0n) is 18.9. The van der Waals surface area contributed by atoms with Crippen molar-refractivity contribution in [1.82, 2.24) is 19.3 Å². The summed E-state index contributed by atoms with van der Waals surface area (Å²) in [6.07, 6.45) is 0. The monoisotopic (exact) mass is 648 g/mol. The molecule has 3 N–H and O–H groups in total. The van der Waals surface area contributed by atoms with Crippen LogP contribution in [0.1, 0.15) is 0 Å². The quantitative estimate of drug-likeness (QED) is 0.249. The predicted molar refractivity (Wildman–Crippen MR) is 114 cm³/mol. The van der Waals surface area contributed by atoms with E-state index in [0.29, 0.717) is 0 Å². The van der Waals surface area contributed by atoms with Crippen molar-refractivity contribution < 1.29 is 64.4 Å². The third-order valence-corrected chi connectivity index (χ3v) is 32.4. The van der Waals surface area contributed by atoms with Crippen LogP contribution >= 0.6 is 37.2 Å².